The van der Waals surface area contributed by atoms with E-state index >= 15 is 0 Å². The SMILES string of the molecule is C[C@H]1C[C@H](N)CN(c2ccc3c(c2)C(=O)N(C2CCC(=O)NC2=O)C3=O)C1. The van der Waals surface area contributed by atoms with Gasteiger partial charge in [0.15, 0.2) is 0 Å². The van der Waals surface area contributed by atoms with Crippen LogP contribution in [0.3, 0.4) is 0 Å². The summed E-state index contributed by atoms with van der Waals surface area (Å²) in [6, 6.07) is 4.30. The van der Waals surface area contributed by atoms with E-state index in [1.54, 1.807) is 12.1 Å². The Balaban J connectivity index is 1.62. The van der Waals surface area contributed by atoms with Crippen molar-refractivity contribution in [2.75, 3.05) is 18.0 Å². The highest BCUT2D eigenvalue weighted by atomic mass is 16.2. The highest BCUT2D eigenvalue weighted by molar-refractivity contribution is 6.23. The maximum absolute atomic E-state index is 12.9. The van der Waals surface area contributed by atoms with Crippen LogP contribution in [0, 0.1) is 5.92 Å². The van der Waals surface area contributed by atoms with E-state index in [-0.39, 0.29) is 24.8 Å². The van der Waals surface area contributed by atoms with E-state index in [2.05, 4.69) is 17.1 Å². The molecule has 2 saturated heterocycles. The van der Waals surface area contributed by atoms with Gasteiger partial charge in [0, 0.05) is 31.2 Å². The van der Waals surface area contributed by atoms with Crippen LogP contribution in [0.5, 0.6) is 0 Å². The molecule has 3 atom stereocenters. The summed E-state index contributed by atoms with van der Waals surface area (Å²) in [7, 11) is 0. The fourth-order valence-corrected chi connectivity index (χ4v) is 4.27. The first-order valence-corrected chi connectivity index (χ1v) is 9.21. The minimum absolute atomic E-state index is 0.0688. The van der Waals surface area contributed by atoms with Gasteiger partial charge in [0.05, 0.1) is 11.1 Å². The first-order chi connectivity index (χ1) is 12.8. The Morgan fingerprint density at radius 2 is 1.81 bits per heavy atom. The first-order valence-electron chi connectivity index (χ1n) is 9.21. The lowest BCUT2D eigenvalue weighted by molar-refractivity contribution is -0.136. The van der Waals surface area contributed by atoms with E-state index in [1.807, 2.05) is 6.07 Å². The molecule has 0 radical (unpaired) electrons. The van der Waals surface area contributed by atoms with Crippen LogP contribution >= 0.6 is 0 Å². The fraction of sp³-hybridized carbons (Fsp3) is 0.474. The predicted molar refractivity (Wildman–Crippen MR) is 97.1 cm³/mol. The number of nitrogens with two attached hydrogens (primary N) is 1. The summed E-state index contributed by atoms with van der Waals surface area (Å²) >= 11 is 0. The Morgan fingerprint density at radius 3 is 2.52 bits per heavy atom. The van der Waals surface area contributed by atoms with Crippen molar-refractivity contribution < 1.29 is 19.2 Å². The summed E-state index contributed by atoms with van der Waals surface area (Å²) in [4.78, 5) is 52.2. The number of nitrogens with zero attached hydrogens (tertiary/aromatic N) is 2. The van der Waals surface area contributed by atoms with E-state index < -0.39 is 23.8 Å². The van der Waals surface area contributed by atoms with E-state index in [9.17, 15) is 19.2 Å². The molecule has 8 nitrogen and oxygen atoms in total. The zero-order valence-corrected chi connectivity index (χ0v) is 15.1. The van der Waals surface area contributed by atoms with Gasteiger partial charge in [0.25, 0.3) is 11.8 Å². The quantitative estimate of drug-likeness (QED) is 0.722. The number of rotatable bonds is 2. The number of piperidine rings is 2. The fourth-order valence-electron chi connectivity index (χ4n) is 4.27. The zero-order valence-electron chi connectivity index (χ0n) is 15.1. The van der Waals surface area contributed by atoms with Crippen LogP contribution in [0.25, 0.3) is 0 Å². The van der Waals surface area contributed by atoms with Crippen LogP contribution in [0.15, 0.2) is 18.2 Å². The first kappa shape index (κ1) is 17.7. The number of benzene rings is 1. The van der Waals surface area contributed by atoms with Gasteiger partial charge in [0.2, 0.25) is 11.8 Å². The number of hydrogen-bond acceptors (Lipinski definition) is 6. The van der Waals surface area contributed by atoms with Crippen molar-refractivity contribution in [3.05, 3.63) is 29.3 Å². The van der Waals surface area contributed by atoms with Crippen molar-refractivity contribution in [2.24, 2.45) is 11.7 Å². The molecule has 2 fully saturated rings. The lowest BCUT2D eigenvalue weighted by Gasteiger charge is -2.36. The molecule has 0 saturated carbocycles. The molecule has 142 valence electrons. The van der Waals surface area contributed by atoms with Gasteiger partial charge in [-0.15, -0.1) is 0 Å². The van der Waals surface area contributed by atoms with Gasteiger partial charge in [-0.3, -0.25) is 29.4 Å². The van der Waals surface area contributed by atoms with Crippen molar-refractivity contribution in [1.29, 1.82) is 0 Å². The monoisotopic (exact) mass is 370 g/mol. The van der Waals surface area contributed by atoms with Crippen LogP contribution in [-0.2, 0) is 9.59 Å². The van der Waals surface area contributed by atoms with Crippen molar-refractivity contribution in [3.8, 4) is 0 Å². The molecule has 0 bridgehead atoms. The minimum atomic E-state index is -0.943. The average molecular weight is 370 g/mol. The third-order valence-electron chi connectivity index (χ3n) is 5.48. The second kappa shape index (κ2) is 6.45. The highest BCUT2D eigenvalue weighted by Crippen LogP contribution is 2.32. The Kier molecular flexibility index (Phi) is 4.22. The number of amides is 4. The molecule has 27 heavy (non-hydrogen) atoms. The molecule has 3 aliphatic rings. The van der Waals surface area contributed by atoms with Crippen molar-refractivity contribution in [2.45, 2.75) is 38.3 Å². The molecule has 0 aliphatic carbocycles. The largest absolute Gasteiger partial charge is 0.370 e. The second-order valence-corrected chi connectivity index (χ2v) is 7.68. The molecular weight excluding hydrogens is 348 g/mol. The number of anilines is 1. The Hall–Kier alpha value is -2.74. The Labute approximate surface area is 156 Å². The van der Waals surface area contributed by atoms with Crippen LogP contribution in [0.2, 0.25) is 0 Å². The van der Waals surface area contributed by atoms with E-state index in [0.717, 1.165) is 23.6 Å². The molecule has 0 aromatic heterocycles. The standard InChI is InChI=1S/C19H22N4O4/c1-10-6-11(20)9-22(8-10)12-2-3-13-14(7-12)19(27)23(18(13)26)15-4-5-16(24)21-17(15)25/h2-3,7,10-11,15H,4-6,8-9,20H2,1H3,(H,21,24,25)/t10-,11-,15?/m0/s1. The van der Waals surface area contributed by atoms with E-state index in [0.29, 0.717) is 23.6 Å². The van der Waals surface area contributed by atoms with Crippen molar-refractivity contribution >= 4 is 29.3 Å². The van der Waals surface area contributed by atoms with Crippen LogP contribution in [-0.4, -0.2) is 53.7 Å². The Bertz CT molecular complexity index is 842. The molecule has 4 rings (SSSR count). The molecule has 1 aromatic rings. The van der Waals surface area contributed by atoms with Gasteiger partial charge in [-0.05, 0) is 37.0 Å². The normalized spacial score (nSPS) is 28.4. The van der Waals surface area contributed by atoms with Crippen LogP contribution in [0.4, 0.5) is 5.69 Å². The predicted octanol–water partition coefficient (Wildman–Crippen LogP) is 0.261. The Morgan fingerprint density at radius 1 is 1.07 bits per heavy atom. The average Bonchev–Trinajstić information content (AvgIpc) is 2.85. The molecule has 1 aromatic carbocycles. The van der Waals surface area contributed by atoms with Gasteiger partial charge in [-0.1, -0.05) is 6.92 Å². The topological polar surface area (TPSA) is 113 Å². The van der Waals surface area contributed by atoms with Gasteiger partial charge in [0.1, 0.15) is 6.04 Å². The van der Waals surface area contributed by atoms with Gasteiger partial charge >= 0.3 is 0 Å². The molecule has 0 spiro atoms. The van der Waals surface area contributed by atoms with Crippen LogP contribution in [0.1, 0.15) is 46.9 Å². The van der Waals surface area contributed by atoms with Gasteiger partial charge in [-0.2, -0.15) is 0 Å². The summed E-state index contributed by atoms with van der Waals surface area (Å²) in [5.74, 6) is -1.51. The van der Waals surface area contributed by atoms with E-state index in [1.165, 1.54) is 0 Å². The number of nitrogens with one attached hydrogen (secondary N) is 1. The zero-order chi connectivity index (χ0) is 19.3. The second-order valence-electron chi connectivity index (χ2n) is 7.68. The third kappa shape index (κ3) is 2.99. The summed E-state index contributed by atoms with van der Waals surface area (Å²) in [6.45, 7) is 3.67. The molecule has 1 unspecified atom stereocenters. The van der Waals surface area contributed by atoms with E-state index in [4.69, 9.17) is 5.73 Å². The van der Waals surface area contributed by atoms with Crippen LogP contribution < -0.4 is 16.0 Å². The summed E-state index contributed by atoms with van der Waals surface area (Å²) < 4.78 is 0. The summed E-state index contributed by atoms with van der Waals surface area (Å²) in [6.07, 6.45) is 1.22. The third-order valence-corrected chi connectivity index (χ3v) is 5.48. The summed E-state index contributed by atoms with van der Waals surface area (Å²) in [5, 5.41) is 2.20. The molecule has 4 amide bonds. The van der Waals surface area contributed by atoms with Gasteiger partial charge in [-0.25, -0.2) is 0 Å². The van der Waals surface area contributed by atoms with Gasteiger partial charge < -0.3 is 10.6 Å². The smallest absolute Gasteiger partial charge is 0.262 e. The number of carbonyl (C=O) groups is 4. The molecule has 3 N–H and O–H groups in total. The van der Waals surface area contributed by atoms with Crippen molar-refractivity contribution in [3.63, 3.8) is 0 Å². The summed E-state index contributed by atoms with van der Waals surface area (Å²) in [5.41, 5.74) is 7.56. The highest BCUT2D eigenvalue weighted by Gasteiger charge is 2.44. The number of imide groups is 2. The lowest BCUT2D eigenvalue weighted by atomic mass is 9.95. The molecule has 3 heterocycles. The number of carbonyl (C=O) groups excluding carboxylic acids is 4. The maximum Gasteiger partial charge on any atom is 0.262 e. The lowest BCUT2D eigenvalue weighted by Crippen LogP contribution is -2.54. The molecular formula is C19H22N4O4. The molecule has 3 aliphatic heterocycles. The maximum atomic E-state index is 12.9. The molecule has 8 heteroatoms. The number of hydrogen-bond donors (Lipinski definition) is 2. The minimum Gasteiger partial charge on any atom is -0.370 e. The van der Waals surface area contributed by atoms with Crippen molar-refractivity contribution in [1.82, 2.24) is 10.2 Å². The number of fused-ring (bicyclic) bond motifs is 1.